The molecule has 0 aliphatic rings. The molecule has 0 radical (unpaired) electrons. The van der Waals surface area contributed by atoms with Crippen LogP contribution in [0.5, 0.6) is 0 Å². The zero-order valence-corrected chi connectivity index (χ0v) is 11.8. The number of hydrogen-bond acceptors (Lipinski definition) is 2. The van der Waals surface area contributed by atoms with Crippen LogP contribution in [0, 0.1) is 18.6 Å². The SMILES string of the molecule is Cc1cccc(NC(=O)CC(=O)Nc2c(F)cccc2F)c1. The molecule has 2 N–H and O–H groups in total. The lowest BCUT2D eigenvalue weighted by atomic mass is 10.2. The maximum absolute atomic E-state index is 13.4. The van der Waals surface area contributed by atoms with Crippen LogP contribution in [0.2, 0.25) is 0 Å². The molecule has 2 aromatic carbocycles. The van der Waals surface area contributed by atoms with E-state index >= 15 is 0 Å². The van der Waals surface area contributed by atoms with Crippen molar-refractivity contribution in [3.8, 4) is 0 Å². The summed E-state index contributed by atoms with van der Waals surface area (Å²) in [4.78, 5) is 23.4. The maximum Gasteiger partial charge on any atom is 0.233 e. The zero-order chi connectivity index (χ0) is 16.1. The number of aryl methyl sites for hydroxylation is 1. The fourth-order valence-corrected chi connectivity index (χ4v) is 1.87. The van der Waals surface area contributed by atoms with Crippen molar-refractivity contribution < 1.29 is 18.4 Å². The van der Waals surface area contributed by atoms with Crippen LogP contribution < -0.4 is 10.6 Å². The first-order chi connectivity index (χ1) is 10.5. The van der Waals surface area contributed by atoms with Crippen LogP contribution in [-0.2, 0) is 9.59 Å². The Bertz CT molecular complexity index is 697. The molecule has 2 amide bonds. The second-order valence-electron chi connectivity index (χ2n) is 4.74. The topological polar surface area (TPSA) is 58.2 Å². The molecule has 4 nitrogen and oxygen atoms in total. The Hall–Kier alpha value is -2.76. The summed E-state index contributed by atoms with van der Waals surface area (Å²) in [5.41, 5.74) is 0.946. The van der Waals surface area contributed by atoms with Crippen LogP contribution in [0.4, 0.5) is 20.2 Å². The van der Waals surface area contributed by atoms with E-state index in [4.69, 9.17) is 0 Å². The molecule has 114 valence electrons. The monoisotopic (exact) mass is 304 g/mol. The van der Waals surface area contributed by atoms with Gasteiger partial charge < -0.3 is 10.6 Å². The minimum Gasteiger partial charge on any atom is -0.326 e. The van der Waals surface area contributed by atoms with Gasteiger partial charge in [-0.15, -0.1) is 0 Å². The zero-order valence-electron chi connectivity index (χ0n) is 11.8. The summed E-state index contributed by atoms with van der Waals surface area (Å²) in [7, 11) is 0. The Labute approximate surface area is 126 Å². The molecule has 6 heteroatoms. The van der Waals surface area contributed by atoms with Gasteiger partial charge in [-0.3, -0.25) is 9.59 Å². The summed E-state index contributed by atoms with van der Waals surface area (Å²) >= 11 is 0. The largest absolute Gasteiger partial charge is 0.326 e. The number of anilines is 2. The molecular formula is C16H14F2N2O2. The van der Waals surface area contributed by atoms with Crippen molar-refractivity contribution in [1.82, 2.24) is 0 Å². The van der Waals surface area contributed by atoms with Crippen molar-refractivity contribution in [1.29, 1.82) is 0 Å². The highest BCUT2D eigenvalue weighted by atomic mass is 19.1. The number of nitrogens with one attached hydrogen (secondary N) is 2. The maximum atomic E-state index is 13.4. The highest BCUT2D eigenvalue weighted by Crippen LogP contribution is 2.18. The lowest BCUT2D eigenvalue weighted by Gasteiger charge is -2.08. The Morgan fingerprint density at radius 3 is 2.18 bits per heavy atom. The fourth-order valence-electron chi connectivity index (χ4n) is 1.87. The van der Waals surface area contributed by atoms with Gasteiger partial charge in [0.2, 0.25) is 11.8 Å². The lowest BCUT2D eigenvalue weighted by Crippen LogP contribution is -2.22. The highest BCUT2D eigenvalue weighted by Gasteiger charge is 2.15. The normalized spacial score (nSPS) is 10.1. The Morgan fingerprint density at radius 2 is 1.55 bits per heavy atom. The molecule has 0 aliphatic heterocycles. The van der Waals surface area contributed by atoms with Crippen LogP contribution in [0.1, 0.15) is 12.0 Å². The van der Waals surface area contributed by atoms with Crippen LogP contribution in [0.15, 0.2) is 42.5 Å². The predicted molar refractivity (Wildman–Crippen MR) is 79.4 cm³/mol. The van der Waals surface area contributed by atoms with Crippen molar-refractivity contribution in [2.45, 2.75) is 13.3 Å². The van der Waals surface area contributed by atoms with Gasteiger partial charge in [0.25, 0.3) is 0 Å². The molecule has 0 saturated carbocycles. The number of hydrogen-bond donors (Lipinski definition) is 2. The second-order valence-corrected chi connectivity index (χ2v) is 4.74. The number of carbonyl (C=O) groups is 2. The molecule has 2 aromatic rings. The Morgan fingerprint density at radius 1 is 0.955 bits per heavy atom. The number of rotatable bonds is 4. The highest BCUT2D eigenvalue weighted by molar-refractivity contribution is 6.08. The molecule has 22 heavy (non-hydrogen) atoms. The van der Waals surface area contributed by atoms with Gasteiger partial charge in [-0.05, 0) is 36.8 Å². The number of halogens is 2. The molecule has 0 spiro atoms. The number of carbonyl (C=O) groups excluding carboxylic acids is 2. The van der Waals surface area contributed by atoms with Gasteiger partial charge in [0.05, 0.1) is 0 Å². The van der Waals surface area contributed by atoms with Gasteiger partial charge in [-0.25, -0.2) is 8.78 Å². The van der Waals surface area contributed by atoms with E-state index in [1.807, 2.05) is 13.0 Å². The van der Waals surface area contributed by atoms with E-state index in [-0.39, 0.29) is 0 Å². The Balaban J connectivity index is 1.96. The molecule has 0 atom stereocenters. The number of para-hydroxylation sites is 1. The third kappa shape index (κ3) is 4.12. The van der Waals surface area contributed by atoms with Gasteiger partial charge in [-0.2, -0.15) is 0 Å². The minimum absolute atomic E-state index is 0.540. The number of benzene rings is 2. The third-order valence-electron chi connectivity index (χ3n) is 2.85. The molecule has 0 saturated heterocycles. The van der Waals surface area contributed by atoms with Crippen molar-refractivity contribution >= 4 is 23.2 Å². The predicted octanol–water partition coefficient (Wildman–Crippen LogP) is 3.24. The fraction of sp³-hybridized carbons (Fsp3) is 0.125. The van der Waals surface area contributed by atoms with E-state index in [1.54, 1.807) is 18.2 Å². The molecule has 0 unspecified atom stereocenters. The first-order valence-corrected chi connectivity index (χ1v) is 6.56. The summed E-state index contributed by atoms with van der Waals surface area (Å²) in [6.07, 6.45) is -0.540. The van der Waals surface area contributed by atoms with Gasteiger partial charge >= 0.3 is 0 Å². The number of amides is 2. The molecule has 0 fully saturated rings. The van der Waals surface area contributed by atoms with Gasteiger partial charge in [-0.1, -0.05) is 18.2 Å². The van der Waals surface area contributed by atoms with Crippen LogP contribution in [-0.4, -0.2) is 11.8 Å². The van der Waals surface area contributed by atoms with Gasteiger partial charge in [0.1, 0.15) is 23.7 Å². The average molecular weight is 304 g/mol. The molecule has 0 aliphatic carbocycles. The smallest absolute Gasteiger partial charge is 0.233 e. The van der Waals surface area contributed by atoms with Crippen molar-refractivity contribution in [3.63, 3.8) is 0 Å². The molecule has 0 bridgehead atoms. The van der Waals surface area contributed by atoms with E-state index in [9.17, 15) is 18.4 Å². The quantitative estimate of drug-likeness (QED) is 0.852. The summed E-state index contributed by atoms with van der Waals surface area (Å²) in [6.45, 7) is 1.86. The van der Waals surface area contributed by atoms with Crippen LogP contribution in [0.3, 0.4) is 0 Å². The molecular weight excluding hydrogens is 290 g/mol. The molecule has 0 aromatic heterocycles. The van der Waals surface area contributed by atoms with E-state index < -0.39 is 35.6 Å². The molecule has 2 rings (SSSR count). The average Bonchev–Trinajstić information content (AvgIpc) is 2.43. The van der Waals surface area contributed by atoms with Crippen molar-refractivity contribution in [3.05, 3.63) is 59.7 Å². The lowest BCUT2D eigenvalue weighted by molar-refractivity contribution is -0.123. The van der Waals surface area contributed by atoms with Crippen molar-refractivity contribution in [2.75, 3.05) is 10.6 Å². The van der Waals surface area contributed by atoms with E-state index in [0.29, 0.717) is 5.69 Å². The van der Waals surface area contributed by atoms with Gasteiger partial charge in [0.15, 0.2) is 0 Å². The van der Waals surface area contributed by atoms with E-state index in [0.717, 1.165) is 17.7 Å². The molecule has 0 heterocycles. The summed E-state index contributed by atoms with van der Waals surface area (Å²) in [6, 6.07) is 10.3. The van der Waals surface area contributed by atoms with Gasteiger partial charge in [0, 0.05) is 5.69 Å². The summed E-state index contributed by atoms with van der Waals surface area (Å²) in [5.74, 6) is -3.16. The standard InChI is InChI=1S/C16H14F2N2O2/c1-10-4-2-5-11(8-10)19-14(21)9-15(22)20-16-12(17)6-3-7-13(16)18/h2-8H,9H2,1H3,(H,19,21)(H,20,22). The minimum atomic E-state index is -0.896. The Kier molecular flexibility index (Phi) is 4.83. The second kappa shape index (κ2) is 6.80. The van der Waals surface area contributed by atoms with Crippen LogP contribution in [0.25, 0.3) is 0 Å². The third-order valence-corrected chi connectivity index (χ3v) is 2.85. The van der Waals surface area contributed by atoms with E-state index in [1.165, 1.54) is 6.07 Å². The summed E-state index contributed by atoms with van der Waals surface area (Å²) in [5, 5.41) is 4.60. The van der Waals surface area contributed by atoms with E-state index in [2.05, 4.69) is 10.6 Å². The first-order valence-electron chi connectivity index (χ1n) is 6.56. The first kappa shape index (κ1) is 15.6. The van der Waals surface area contributed by atoms with Crippen molar-refractivity contribution in [2.24, 2.45) is 0 Å². The summed E-state index contributed by atoms with van der Waals surface area (Å²) < 4.78 is 26.8. The van der Waals surface area contributed by atoms with Crippen LogP contribution >= 0.6 is 0 Å².